The van der Waals surface area contributed by atoms with Crippen LogP contribution in [0, 0.1) is 0 Å². The molecule has 2 aliphatic heterocycles. The molecule has 0 bridgehead atoms. The van der Waals surface area contributed by atoms with E-state index in [4.69, 9.17) is 4.74 Å². The summed E-state index contributed by atoms with van der Waals surface area (Å²) >= 11 is 0. The summed E-state index contributed by atoms with van der Waals surface area (Å²) in [6, 6.07) is 7.27. The monoisotopic (exact) mass is 303 g/mol. The van der Waals surface area contributed by atoms with Crippen molar-refractivity contribution in [2.75, 3.05) is 13.7 Å². The van der Waals surface area contributed by atoms with Crippen LogP contribution in [0.5, 0.6) is 5.75 Å². The van der Waals surface area contributed by atoms with E-state index < -0.39 is 6.04 Å². The van der Waals surface area contributed by atoms with E-state index in [2.05, 4.69) is 10.6 Å². The number of benzene rings is 1. The van der Waals surface area contributed by atoms with Crippen molar-refractivity contribution in [3.05, 3.63) is 29.8 Å². The van der Waals surface area contributed by atoms with Gasteiger partial charge in [-0.3, -0.25) is 9.59 Å². The lowest BCUT2D eigenvalue weighted by Gasteiger charge is -2.32. The summed E-state index contributed by atoms with van der Waals surface area (Å²) in [5.74, 6) is 0.803. The third kappa shape index (κ3) is 2.78. The van der Waals surface area contributed by atoms with Crippen molar-refractivity contribution in [2.45, 2.75) is 38.0 Å². The molecule has 118 valence electrons. The molecule has 0 spiro atoms. The number of fused-ring (bicyclic) bond motifs is 1. The van der Waals surface area contributed by atoms with Crippen LogP contribution in [0.2, 0.25) is 0 Å². The fourth-order valence-electron chi connectivity index (χ4n) is 3.10. The van der Waals surface area contributed by atoms with Gasteiger partial charge in [-0.05, 0) is 31.0 Å². The first-order chi connectivity index (χ1) is 10.6. The van der Waals surface area contributed by atoms with Gasteiger partial charge in [0.25, 0.3) is 0 Å². The number of hydrogen-bond acceptors (Lipinski definition) is 4. The second-order valence-electron chi connectivity index (χ2n) is 5.90. The Morgan fingerprint density at radius 3 is 2.73 bits per heavy atom. The quantitative estimate of drug-likeness (QED) is 0.838. The molecule has 0 aliphatic carbocycles. The van der Waals surface area contributed by atoms with Crippen molar-refractivity contribution < 1.29 is 14.3 Å². The molecule has 1 aromatic rings. The molecule has 0 unspecified atom stereocenters. The van der Waals surface area contributed by atoms with Crippen molar-refractivity contribution in [2.24, 2.45) is 0 Å². The molecule has 2 aliphatic rings. The number of nitrogens with zero attached hydrogens (tertiary/aromatic N) is 1. The first-order valence-corrected chi connectivity index (χ1v) is 7.55. The van der Waals surface area contributed by atoms with Gasteiger partial charge in [-0.15, -0.1) is 0 Å². The Hall–Kier alpha value is -2.08. The minimum Gasteiger partial charge on any atom is -0.497 e. The summed E-state index contributed by atoms with van der Waals surface area (Å²) in [5.41, 5.74) is 1.15. The summed E-state index contributed by atoms with van der Waals surface area (Å²) in [7, 11) is 1.64. The van der Waals surface area contributed by atoms with Gasteiger partial charge in [0, 0.05) is 19.1 Å². The summed E-state index contributed by atoms with van der Waals surface area (Å²) < 4.78 is 5.14. The Labute approximate surface area is 129 Å². The van der Waals surface area contributed by atoms with Crippen LogP contribution in [0.25, 0.3) is 0 Å². The lowest BCUT2D eigenvalue weighted by atomic mass is 10.1. The van der Waals surface area contributed by atoms with Crippen LogP contribution in [0.1, 0.15) is 18.9 Å². The van der Waals surface area contributed by atoms with E-state index in [9.17, 15) is 9.59 Å². The highest BCUT2D eigenvalue weighted by Gasteiger charge is 2.44. The number of carbonyl (C=O) groups excluding carboxylic acids is 2. The molecule has 0 aromatic heterocycles. The van der Waals surface area contributed by atoms with Crippen LogP contribution in [0.3, 0.4) is 0 Å². The molecule has 2 amide bonds. The highest BCUT2D eigenvalue weighted by Crippen LogP contribution is 2.23. The van der Waals surface area contributed by atoms with Crippen molar-refractivity contribution in [3.8, 4) is 5.75 Å². The number of piperazine rings is 1. The summed E-state index contributed by atoms with van der Waals surface area (Å²) in [6.45, 7) is 3.03. The van der Waals surface area contributed by atoms with Gasteiger partial charge in [-0.2, -0.15) is 0 Å². The van der Waals surface area contributed by atoms with E-state index in [0.29, 0.717) is 19.5 Å². The van der Waals surface area contributed by atoms with E-state index in [1.165, 1.54) is 0 Å². The van der Waals surface area contributed by atoms with Crippen LogP contribution < -0.4 is 15.4 Å². The molecule has 22 heavy (non-hydrogen) atoms. The maximum atomic E-state index is 12.1. The smallest absolute Gasteiger partial charge is 0.245 e. The van der Waals surface area contributed by atoms with Crippen LogP contribution in [0.4, 0.5) is 0 Å². The van der Waals surface area contributed by atoms with Gasteiger partial charge in [-0.1, -0.05) is 12.1 Å². The zero-order chi connectivity index (χ0) is 15.7. The van der Waals surface area contributed by atoms with Crippen molar-refractivity contribution in [1.29, 1.82) is 0 Å². The molecule has 2 saturated heterocycles. The highest BCUT2D eigenvalue weighted by atomic mass is 16.5. The second-order valence-corrected chi connectivity index (χ2v) is 5.90. The number of carbonyl (C=O) groups is 2. The van der Waals surface area contributed by atoms with Gasteiger partial charge in [0.2, 0.25) is 11.8 Å². The maximum Gasteiger partial charge on any atom is 0.245 e. The summed E-state index contributed by atoms with van der Waals surface area (Å²) in [6.07, 6.45) is 0.667. The largest absolute Gasteiger partial charge is 0.497 e. The second kappa shape index (κ2) is 5.96. The highest BCUT2D eigenvalue weighted by molar-refractivity contribution is 5.97. The lowest BCUT2D eigenvalue weighted by molar-refractivity contribution is -0.146. The van der Waals surface area contributed by atoms with Crippen molar-refractivity contribution in [3.63, 3.8) is 0 Å². The molecular formula is C16H21N3O3. The Balaban J connectivity index is 1.58. The fraction of sp³-hybridized carbons (Fsp3) is 0.500. The number of methoxy groups -OCH3 is 1. The number of amides is 2. The predicted octanol–water partition coefficient (Wildman–Crippen LogP) is 0.273. The van der Waals surface area contributed by atoms with Gasteiger partial charge in [0.15, 0.2) is 0 Å². The van der Waals surface area contributed by atoms with Gasteiger partial charge in [0.1, 0.15) is 17.8 Å². The van der Waals surface area contributed by atoms with Gasteiger partial charge in [-0.25, -0.2) is 0 Å². The molecule has 6 heteroatoms. The van der Waals surface area contributed by atoms with E-state index in [0.717, 1.165) is 11.3 Å². The van der Waals surface area contributed by atoms with Crippen LogP contribution in [0.15, 0.2) is 24.3 Å². The third-order valence-corrected chi connectivity index (χ3v) is 4.37. The topological polar surface area (TPSA) is 70.7 Å². The first kappa shape index (κ1) is 14.8. The normalized spacial score (nSPS) is 27.5. The number of hydrogen-bond donors (Lipinski definition) is 2. The Morgan fingerprint density at radius 1 is 1.32 bits per heavy atom. The average molecular weight is 303 g/mol. The SMILES string of the molecule is COc1ccc(CN[C@H]2C[C@H]3C(=O)N[C@@H](C)C(=O)N3C2)cc1. The number of ether oxygens (including phenoxy) is 1. The molecule has 2 fully saturated rings. The van der Waals surface area contributed by atoms with Crippen LogP contribution in [-0.2, 0) is 16.1 Å². The Kier molecular flexibility index (Phi) is 4.02. The van der Waals surface area contributed by atoms with E-state index >= 15 is 0 Å². The molecular weight excluding hydrogens is 282 g/mol. The van der Waals surface area contributed by atoms with E-state index in [1.807, 2.05) is 24.3 Å². The first-order valence-electron chi connectivity index (χ1n) is 7.55. The fourth-order valence-corrected chi connectivity index (χ4v) is 3.10. The minimum atomic E-state index is -0.413. The summed E-state index contributed by atoms with van der Waals surface area (Å²) in [5, 5.41) is 6.17. The molecule has 2 heterocycles. The standard InChI is InChI=1S/C16H21N3O3/c1-10-16(21)19-9-12(7-14(19)15(20)18-10)17-8-11-3-5-13(22-2)6-4-11/h3-6,10,12,14,17H,7-9H2,1-2H3,(H,18,20)/t10-,12-,14-/m0/s1. The maximum absolute atomic E-state index is 12.1. The molecule has 6 nitrogen and oxygen atoms in total. The zero-order valence-corrected chi connectivity index (χ0v) is 12.8. The molecule has 3 atom stereocenters. The Bertz CT molecular complexity index is 573. The van der Waals surface area contributed by atoms with Crippen LogP contribution >= 0.6 is 0 Å². The molecule has 2 N–H and O–H groups in total. The molecule has 1 aromatic carbocycles. The minimum absolute atomic E-state index is 0.0124. The molecule has 0 saturated carbocycles. The summed E-state index contributed by atoms with van der Waals surface area (Å²) in [4.78, 5) is 25.8. The third-order valence-electron chi connectivity index (χ3n) is 4.37. The lowest BCUT2D eigenvalue weighted by Crippen LogP contribution is -2.60. The number of rotatable bonds is 4. The van der Waals surface area contributed by atoms with Crippen LogP contribution in [-0.4, -0.2) is 48.5 Å². The van der Waals surface area contributed by atoms with Gasteiger partial charge < -0.3 is 20.3 Å². The van der Waals surface area contributed by atoms with Gasteiger partial charge >= 0.3 is 0 Å². The zero-order valence-electron chi connectivity index (χ0n) is 12.8. The average Bonchev–Trinajstić information content (AvgIpc) is 2.96. The number of nitrogens with one attached hydrogen (secondary N) is 2. The molecule has 3 rings (SSSR count). The van der Waals surface area contributed by atoms with Crippen molar-refractivity contribution >= 4 is 11.8 Å². The van der Waals surface area contributed by atoms with E-state index in [-0.39, 0.29) is 23.9 Å². The van der Waals surface area contributed by atoms with E-state index in [1.54, 1.807) is 18.9 Å². The van der Waals surface area contributed by atoms with Gasteiger partial charge in [0.05, 0.1) is 7.11 Å². The molecule has 0 radical (unpaired) electrons. The predicted molar refractivity (Wildman–Crippen MR) is 81.3 cm³/mol. The van der Waals surface area contributed by atoms with Crippen molar-refractivity contribution in [1.82, 2.24) is 15.5 Å². The Morgan fingerprint density at radius 2 is 2.05 bits per heavy atom.